The molecule has 1 spiro atoms. The lowest BCUT2D eigenvalue weighted by Crippen LogP contribution is -2.50. The van der Waals surface area contributed by atoms with E-state index in [1.807, 2.05) is 49.4 Å². The number of anilines is 1. The largest absolute Gasteiger partial charge is 0.497 e. The molecular weight excluding hydrogens is 456 g/mol. The lowest BCUT2D eigenvalue weighted by molar-refractivity contribution is -0.123. The Kier molecular flexibility index (Phi) is 5.59. The molecule has 0 radical (unpaired) electrons. The molecule has 33 heavy (non-hydrogen) atoms. The molecule has 1 saturated heterocycles. The summed E-state index contributed by atoms with van der Waals surface area (Å²) in [6, 6.07) is 20.7. The first-order valence-electron chi connectivity index (χ1n) is 10.7. The van der Waals surface area contributed by atoms with E-state index in [9.17, 15) is 9.59 Å². The fourth-order valence-corrected chi connectivity index (χ4v) is 6.17. The smallest absolute Gasteiger partial charge is 0.268 e. The second-order valence-electron chi connectivity index (χ2n) is 8.22. The predicted molar refractivity (Wildman–Crippen MR) is 132 cm³/mol. The van der Waals surface area contributed by atoms with Crippen molar-refractivity contribution in [3.8, 4) is 5.75 Å². The predicted octanol–water partition coefficient (Wildman–Crippen LogP) is 5.25. The molecule has 0 aromatic heterocycles. The number of halogens is 1. The molecule has 0 N–H and O–H groups in total. The second kappa shape index (κ2) is 8.43. The lowest BCUT2D eigenvalue weighted by Gasteiger charge is -2.33. The van der Waals surface area contributed by atoms with Gasteiger partial charge in [0.15, 0.2) is 4.87 Å². The van der Waals surface area contributed by atoms with Crippen LogP contribution in [0.15, 0.2) is 66.7 Å². The van der Waals surface area contributed by atoms with E-state index in [2.05, 4.69) is 0 Å². The van der Waals surface area contributed by atoms with E-state index < -0.39 is 4.87 Å². The number of ether oxygens (including phenoxy) is 1. The van der Waals surface area contributed by atoms with Crippen molar-refractivity contribution in [2.45, 2.75) is 18.3 Å². The van der Waals surface area contributed by atoms with Crippen LogP contribution >= 0.6 is 23.4 Å². The van der Waals surface area contributed by atoms with E-state index in [-0.39, 0.29) is 11.8 Å². The molecule has 2 aliphatic heterocycles. The number of rotatable bonds is 4. The zero-order chi connectivity index (χ0) is 23.2. The van der Waals surface area contributed by atoms with Crippen molar-refractivity contribution in [2.75, 3.05) is 24.3 Å². The fourth-order valence-electron chi connectivity index (χ4n) is 4.53. The summed E-state index contributed by atoms with van der Waals surface area (Å²) in [5.74, 6) is 0.999. The number of hydrogen-bond donors (Lipinski definition) is 0. The molecule has 3 aromatic rings. The zero-order valence-electron chi connectivity index (χ0n) is 18.4. The van der Waals surface area contributed by atoms with E-state index in [0.717, 1.165) is 22.4 Å². The molecule has 1 fully saturated rings. The van der Waals surface area contributed by atoms with Gasteiger partial charge in [-0.2, -0.15) is 0 Å². The number of hydrogen-bond acceptors (Lipinski definition) is 4. The van der Waals surface area contributed by atoms with Crippen LogP contribution in [-0.2, 0) is 16.2 Å². The van der Waals surface area contributed by atoms with Gasteiger partial charge in [0, 0.05) is 28.4 Å². The first-order valence-corrected chi connectivity index (χ1v) is 12.1. The van der Waals surface area contributed by atoms with Crippen LogP contribution in [0.4, 0.5) is 5.69 Å². The molecule has 2 amide bonds. The molecule has 0 aliphatic carbocycles. The van der Waals surface area contributed by atoms with Gasteiger partial charge in [0.05, 0.1) is 19.3 Å². The standard InChI is InChI=1S/C26H23ClN2O3S/c1-17-6-8-18(9-7-17)16-28-23-11-10-21(32-2)15-22(23)26(25(28)31)29(12-13-33-26)24(30)19-4-3-5-20(27)14-19/h3-11,14-15H,12-13,16H2,1-2H3/t26-/m0/s1. The summed E-state index contributed by atoms with van der Waals surface area (Å²) in [6.45, 7) is 2.94. The Balaban J connectivity index is 1.61. The van der Waals surface area contributed by atoms with Crippen LogP contribution in [0, 0.1) is 6.92 Å². The number of benzene rings is 3. The van der Waals surface area contributed by atoms with E-state index >= 15 is 0 Å². The van der Waals surface area contributed by atoms with Crippen molar-refractivity contribution >= 4 is 40.9 Å². The Bertz CT molecular complexity index is 1250. The van der Waals surface area contributed by atoms with Gasteiger partial charge in [0.25, 0.3) is 11.8 Å². The molecule has 5 nitrogen and oxygen atoms in total. The quantitative estimate of drug-likeness (QED) is 0.514. The highest BCUT2D eigenvalue weighted by molar-refractivity contribution is 8.01. The molecular formula is C26H23ClN2O3S. The Morgan fingerprint density at radius 2 is 1.91 bits per heavy atom. The van der Waals surface area contributed by atoms with Gasteiger partial charge in [0.1, 0.15) is 5.75 Å². The van der Waals surface area contributed by atoms with Crippen LogP contribution in [-0.4, -0.2) is 36.1 Å². The number of nitrogens with zero attached hydrogens (tertiary/aromatic N) is 2. The molecule has 1 atom stereocenters. The van der Waals surface area contributed by atoms with Gasteiger partial charge < -0.3 is 14.5 Å². The number of aryl methyl sites for hydroxylation is 1. The lowest BCUT2D eigenvalue weighted by atomic mass is 10.0. The third kappa shape index (κ3) is 3.58. The Morgan fingerprint density at radius 1 is 1.12 bits per heavy atom. The molecule has 2 heterocycles. The van der Waals surface area contributed by atoms with Crippen molar-refractivity contribution in [1.82, 2.24) is 4.90 Å². The Labute approximate surface area is 202 Å². The number of fused-ring (bicyclic) bond motifs is 2. The maximum Gasteiger partial charge on any atom is 0.268 e. The van der Waals surface area contributed by atoms with Crippen molar-refractivity contribution in [3.05, 3.63) is 94.0 Å². The Hall–Kier alpha value is -2.96. The summed E-state index contributed by atoms with van der Waals surface area (Å²) >= 11 is 7.65. The summed E-state index contributed by atoms with van der Waals surface area (Å²) in [5.41, 5.74) is 4.26. The van der Waals surface area contributed by atoms with Crippen molar-refractivity contribution in [1.29, 1.82) is 0 Å². The van der Waals surface area contributed by atoms with Gasteiger partial charge in [-0.3, -0.25) is 9.59 Å². The highest BCUT2D eigenvalue weighted by atomic mass is 35.5. The van der Waals surface area contributed by atoms with Gasteiger partial charge >= 0.3 is 0 Å². The highest BCUT2D eigenvalue weighted by Crippen LogP contribution is 2.55. The van der Waals surface area contributed by atoms with Gasteiger partial charge in [-0.15, -0.1) is 11.8 Å². The summed E-state index contributed by atoms with van der Waals surface area (Å²) in [4.78, 5) is 30.1. The first-order chi connectivity index (χ1) is 15.9. The van der Waals surface area contributed by atoms with Crippen LogP contribution in [0.25, 0.3) is 0 Å². The maximum absolute atomic E-state index is 14.1. The first kappa shape index (κ1) is 21.9. The summed E-state index contributed by atoms with van der Waals surface area (Å²) in [6.07, 6.45) is 0. The van der Waals surface area contributed by atoms with Crippen LogP contribution in [0.2, 0.25) is 5.02 Å². The number of methoxy groups -OCH3 is 1. The fraction of sp³-hybridized carbons (Fsp3) is 0.231. The molecule has 0 saturated carbocycles. The topological polar surface area (TPSA) is 49.9 Å². The third-order valence-corrected chi connectivity index (χ3v) is 7.83. The van der Waals surface area contributed by atoms with E-state index in [0.29, 0.717) is 35.2 Å². The summed E-state index contributed by atoms with van der Waals surface area (Å²) in [7, 11) is 1.60. The second-order valence-corrected chi connectivity index (χ2v) is 9.94. The van der Waals surface area contributed by atoms with Gasteiger partial charge in [0.2, 0.25) is 0 Å². The maximum atomic E-state index is 14.1. The van der Waals surface area contributed by atoms with Gasteiger partial charge in [-0.1, -0.05) is 47.5 Å². The van der Waals surface area contributed by atoms with Crippen molar-refractivity contribution in [2.24, 2.45) is 0 Å². The zero-order valence-corrected chi connectivity index (χ0v) is 19.9. The monoisotopic (exact) mass is 478 g/mol. The minimum Gasteiger partial charge on any atom is -0.497 e. The van der Waals surface area contributed by atoms with E-state index in [1.54, 1.807) is 41.2 Å². The molecule has 5 rings (SSSR count). The third-order valence-electron chi connectivity index (χ3n) is 6.18. The number of carbonyl (C=O) groups excluding carboxylic acids is 2. The number of amides is 2. The van der Waals surface area contributed by atoms with Crippen molar-refractivity contribution in [3.63, 3.8) is 0 Å². The van der Waals surface area contributed by atoms with E-state index in [1.165, 1.54) is 11.8 Å². The minimum atomic E-state index is -1.13. The van der Waals surface area contributed by atoms with Crippen molar-refractivity contribution < 1.29 is 14.3 Å². The molecule has 2 aliphatic rings. The van der Waals surface area contributed by atoms with Gasteiger partial charge in [-0.05, 0) is 48.9 Å². The summed E-state index contributed by atoms with van der Waals surface area (Å²) in [5, 5.41) is 0.488. The molecule has 7 heteroatoms. The number of carbonyl (C=O) groups is 2. The molecule has 0 bridgehead atoms. The van der Waals surface area contributed by atoms with Crippen LogP contribution in [0.5, 0.6) is 5.75 Å². The highest BCUT2D eigenvalue weighted by Gasteiger charge is 2.59. The van der Waals surface area contributed by atoms with Crippen LogP contribution in [0.1, 0.15) is 27.0 Å². The minimum absolute atomic E-state index is 0.107. The summed E-state index contributed by atoms with van der Waals surface area (Å²) < 4.78 is 5.48. The average molecular weight is 479 g/mol. The van der Waals surface area contributed by atoms with E-state index in [4.69, 9.17) is 16.3 Å². The SMILES string of the molecule is COc1ccc2c(c1)[C@]1(SCCN1C(=O)c1cccc(Cl)c1)C(=O)N2Cc1ccc(C)cc1. The average Bonchev–Trinajstić information content (AvgIpc) is 3.36. The Morgan fingerprint density at radius 3 is 2.64 bits per heavy atom. The van der Waals surface area contributed by atoms with Crippen LogP contribution < -0.4 is 9.64 Å². The molecule has 168 valence electrons. The normalized spacial score (nSPS) is 19.3. The molecule has 3 aromatic carbocycles. The van der Waals surface area contributed by atoms with Crippen LogP contribution in [0.3, 0.4) is 0 Å². The number of thioether (sulfide) groups is 1. The van der Waals surface area contributed by atoms with Gasteiger partial charge in [-0.25, -0.2) is 0 Å². The molecule has 0 unspecified atom stereocenters.